The minimum atomic E-state index is -0.555. The average molecular weight is 301 g/mol. The van der Waals surface area contributed by atoms with E-state index in [0.29, 0.717) is 6.42 Å². The summed E-state index contributed by atoms with van der Waals surface area (Å²) in [5.41, 5.74) is 0.906. The number of allylic oxidation sites excluding steroid dienone is 1. The number of cyclic esters (lactones) is 1. The zero-order chi connectivity index (χ0) is 16.3. The van der Waals surface area contributed by atoms with Gasteiger partial charge in [-0.05, 0) is 24.8 Å². The van der Waals surface area contributed by atoms with Crippen molar-refractivity contribution in [3.05, 3.63) is 48.6 Å². The maximum atomic E-state index is 12.8. The van der Waals surface area contributed by atoms with E-state index in [1.807, 2.05) is 51.1 Å². The molecule has 1 aliphatic rings. The maximum Gasteiger partial charge on any atom is 0.417 e. The molecule has 0 bridgehead atoms. The molecule has 0 radical (unpaired) electrons. The van der Waals surface area contributed by atoms with Gasteiger partial charge in [0, 0.05) is 5.92 Å². The Morgan fingerprint density at radius 3 is 2.55 bits per heavy atom. The summed E-state index contributed by atoms with van der Waals surface area (Å²) in [6.07, 6.45) is 1.32. The smallest absolute Gasteiger partial charge is 0.417 e. The van der Waals surface area contributed by atoms with Crippen LogP contribution in [0.2, 0.25) is 0 Å². The fraction of sp³-hybridized carbons (Fsp3) is 0.444. The van der Waals surface area contributed by atoms with Crippen LogP contribution in [0.4, 0.5) is 4.79 Å². The van der Waals surface area contributed by atoms with Crippen molar-refractivity contribution in [2.24, 2.45) is 11.8 Å². The normalized spacial score (nSPS) is 22.5. The van der Waals surface area contributed by atoms with Crippen molar-refractivity contribution < 1.29 is 14.3 Å². The van der Waals surface area contributed by atoms with Crippen LogP contribution >= 0.6 is 0 Å². The van der Waals surface area contributed by atoms with Gasteiger partial charge in [0.15, 0.2) is 0 Å². The molecule has 3 atom stereocenters. The van der Waals surface area contributed by atoms with Crippen LogP contribution < -0.4 is 0 Å². The van der Waals surface area contributed by atoms with Gasteiger partial charge in [-0.3, -0.25) is 4.79 Å². The number of ether oxygens (including phenoxy) is 1. The Morgan fingerprint density at radius 2 is 2.00 bits per heavy atom. The van der Waals surface area contributed by atoms with Crippen molar-refractivity contribution in [1.82, 2.24) is 4.90 Å². The van der Waals surface area contributed by atoms with Gasteiger partial charge in [-0.25, -0.2) is 9.69 Å². The lowest BCUT2D eigenvalue weighted by Crippen LogP contribution is -2.43. The number of nitrogens with zero attached hydrogens (tertiary/aromatic N) is 1. The van der Waals surface area contributed by atoms with Crippen LogP contribution in [0.1, 0.15) is 38.9 Å². The molecule has 1 saturated heterocycles. The van der Waals surface area contributed by atoms with Crippen molar-refractivity contribution in [3.8, 4) is 0 Å². The molecule has 1 heterocycles. The molecule has 0 unspecified atom stereocenters. The van der Waals surface area contributed by atoms with E-state index >= 15 is 0 Å². The molecular weight excluding hydrogens is 278 g/mol. The Labute approximate surface area is 131 Å². The van der Waals surface area contributed by atoms with Crippen molar-refractivity contribution in [2.45, 2.75) is 39.3 Å². The molecule has 0 saturated carbocycles. The fourth-order valence-electron chi connectivity index (χ4n) is 2.86. The van der Waals surface area contributed by atoms with Crippen LogP contribution in [0, 0.1) is 11.8 Å². The van der Waals surface area contributed by atoms with E-state index in [0.717, 1.165) is 5.56 Å². The third-order valence-corrected chi connectivity index (χ3v) is 4.18. The van der Waals surface area contributed by atoms with Crippen molar-refractivity contribution in [1.29, 1.82) is 0 Å². The van der Waals surface area contributed by atoms with Gasteiger partial charge in [-0.1, -0.05) is 50.3 Å². The van der Waals surface area contributed by atoms with E-state index in [1.54, 1.807) is 6.08 Å². The molecule has 118 valence electrons. The molecule has 1 fully saturated rings. The zero-order valence-electron chi connectivity index (χ0n) is 13.4. The Hall–Kier alpha value is -2.10. The van der Waals surface area contributed by atoms with Gasteiger partial charge >= 0.3 is 6.09 Å². The van der Waals surface area contributed by atoms with E-state index in [9.17, 15) is 9.59 Å². The lowest BCUT2D eigenvalue weighted by atomic mass is 9.90. The molecule has 2 amide bonds. The summed E-state index contributed by atoms with van der Waals surface area (Å²) in [5, 5.41) is 0. The summed E-state index contributed by atoms with van der Waals surface area (Å²) >= 11 is 0. The minimum absolute atomic E-state index is 0.140. The molecule has 0 spiro atoms. The van der Waals surface area contributed by atoms with Crippen LogP contribution in [0.3, 0.4) is 0 Å². The van der Waals surface area contributed by atoms with Gasteiger partial charge in [0.25, 0.3) is 0 Å². The highest BCUT2D eigenvalue weighted by molar-refractivity contribution is 5.95. The van der Waals surface area contributed by atoms with E-state index in [-0.39, 0.29) is 23.8 Å². The molecule has 4 nitrogen and oxygen atoms in total. The third kappa shape index (κ3) is 3.06. The third-order valence-electron chi connectivity index (χ3n) is 4.18. The Morgan fingerprint density at radius 1 is 1.36 bits per heavy atom. The van der Waals surface area contributed by atoms with Crippen LogP contribution in [-0.2, 0) is 9.53 Å². The highest BCUT2D eigenvalue weighted by atomic mass is 16.6. The summed E-state index contributed by atoms with van der Waals surface area (Å²) in [6, 6.07) is 9.21. The minimum Gasteiger partial charge on any atom is -0.439 e. The molecule has 2 rings (SSSR count). The predicted octanol–water partition coefficient (Wildman–Crippen LogP) is 3.94. The van der Waals surface area contributed by atoms with Gasteiger partial charge in [0.1, 0.15) is 6.10 Å². The van der Waals surface area contributed by atoms with Crippen LogP contribution in [0.5, 0.6) is 0 Å². The molecular formula is C18H23NO3. The Kier molecular flexibility index (Phi) is 5.01. The first-order valence-corrected chi connectivity index (χ1v) is 7.66. The maximum absolute atomic E-state index is 12.8. The first kappa shape index (κ1) is 16.3. The van der Waals surface area contributed by atoms with E-state index in [1.165, 1.54) is 4.90 Å². The number of carbonyl (C=O) groups excluding carboxylic acids is 2. The molecule has 22 heavy (non-hydrogen) atoms. The number of carbonyl (C=O) groups is 2. The number of rotatable bonds is 5. The monoisotopic (exact) mass is 301 g/mol. The van der Waals surface area contributed by atoms with Crippen molar-refractivity contribution >= 4 is 12.0 Å². The topological polar surface area (TPSA) is 46.6 Å². The highest BCUT2D eigenvalue weighted by Crippen LogP contribution is 2.34. The summed E-state index contributed by atoms with van der Waals surface area (Å²) in [7, 11) is 0. The second-order valence-corrected chi connectivity index (χ2v) is 6.04. The predicted molar refractivity (Wildman–Crippen MR) is 85.1 cm³/mol. The van der Waals surface area contributed by atoms with Crippen LogP contribution in [0.25, 0.3) is 0 Å². The van der Waals surface area contributed by atoms with Crippen molar-refractivity contribution in [2.75, 3.05) is 0 Å². The molecule has 1 aromatic rings. The van der Waals surface area contributed by atoms with Crippen molar-refractivity contribution in [3.63, 3.8) is 0 Å². The first-order valence-electron chi connectivity index (χ1n) is 7.66. The van der Waals surface area contributed by atoms with E-state index in [2.05, 4.69) is 6.58 Å². The van der Waals surface area contributed by atoms with Gasteiger partial charge in [0.2, 0.25) is 5.91 Å². The summed E-state index contributed by atoms with van der Waals surface area (Å²) in [4.78, 5) is 26.2. The summed E-state index contributed by atoms with van der Waals surface area (Å²) in [5.74, 6) is -0.283. The average Bonchev–Trinajstić information content (AvgIpc) is 2.79. The highest BCUT2D eigenvalue weighted by Gasteiger charge is 2.45. The molecule has 1 aliphatic heterocycles. The summed E-state index contributed by atoms with van der Waals surface area (Å²) < 4.78 is 5.44. The number of benzene rings is 1. The zero-order valence-corrected chi connectivity index (χ0v) is 13.4. The van der Waals surface area contributed by atoms with Crippen LogP contribution in [0.15, 0.2) is 43.0 Å². The lowest BCUT2D eigenvalue weighted by Gasteiger charge is -2.25. The van der Waals surface area contributed by atoms with Crippen LogP contribution in [-0.4, -0.2) is 22.9 Å². The molecule has 0 N–H and O–H groups in total. The Balaban J connectivity index is 2.23. The number of imide groups is 1. The van der Waals surface area contributed by atoms with Gasteiger partial charge < -0.3 is 4.74 Å². The Bertz CT molecular complexity index is 553. The van der Waals surface area contributed by atoms with Gasteiger partial charge in [-0.2, -0.15) is 0 Å². The second-order valence-electron chi connectivity index (χ2n) is 6.04. The largest absolute Gasteiger partial charge is 0.439 e. The molecule has 4 heteroatoms. The SMILES string of the molecule is C=CC[C@@H](C(=O)N1C(=O)O[C@@H](c2ccccc2)[C@H]1C)C(C)C. The van der Waals surface area contributed by atoms with Gasteiger partial charge in [0.05, 0.1) is 6.04 Å². The standard InChI is InChI=1S/C18H23NO3/c1-5-9-15(12(2)3)17(20)19-13(4)16(22-18(19)21)14-10-7-6-8-11-14/h5-8,10-13,15-16H,1,9H2,2-4H3/t13-,15-,16-/m1/s1. The number of hydrogen-bond acceptors (Lipinski definition) is 3. The molecule has 0 aromatic heterocycles. The number of hydrogen-bond donors (Lipinski definition) is 0. The quantitative estimate of drug-likeness (QED) is 0.774. The van der Waals surface area contributed by atoms with E-state index in [4.69, 9.17) is 4.74 Å². The second kappa shape index (κ2) is 6.77. The first-order chi connectivity index (χ1) is 10.5. The van der Waals surface area contributed by atoms with E-state index < -0.39 is 12.2 Å². The fourth-order valence-corrected chi connectivity index (χ4v) is 2.86. The van der Waals surface area contributed by atoms with Gasteiger partial charge in [-0.15, -0.1) is 6.58 Å². The molecule has 0 aliphatic carbocycles. The number of amides is 2. The molecule has 1 aromatic carbocycles. The lowest BCUT2D eigenvalue weighted by molar-refractivity contribution is -0.134. The summed E-state index contributed by atoms with van der Waals surface area (Å²) in [6.45, 7) is 9.52.